The van der Waals surface area contributed by atoms with Crippen molar-refractivity contribution in [1.29, 1.82) is 0 Å². The zero-order chi connectivity index (χ0) is 25.0. The lowest BCUT2D eigenvalue weighted by Crippen LogP contribution is -2.47. The maximum Gasteiger partial charge on any atom is 0.471 e. The van der Waals surface area contributed by atoms with Crippen molar-refractivity contribution in [2.45, 2.75) is 18.1 Å². The Bertz CT molecular complexity index is 1320. The van der Waals surface area contributed by atoms with Gasteiger partial charge in [0.2, 0.25) is 0 Å². The van der Waals surface area contributed by atoms with Crippen molar-refractivity contribution in [2.75, 3.05) is 6.61 Å². The summed E-state index contributed by atoms with van der Waals surface area (Å²) in [7, 11) is 0. The lowest BCUT2D eigenvalue weighted by atomic mass is 9.91. The summed E-state index contributed by atoms with van der Waals surface area (Å²) in [6.45, 7) is -0.194. The Morgan fingerprint density at radius 1 is 1.06 bits per heavy atom. The van der Waals surface area contributed by atoms with Crippen molar-refractivity contribution >= 4 is 23.1 Å². The van der Waals surface area contributed by atoms with Gasteiger partial charge in [-0.05, 0) is 54.1 Å². The highest BCUT2D eigenvalue weighted by Crippen LogP contribution is 2.31. The van der Waals surface area contributed by atoms with Crippen LogP contribution in [0, 0.1) is 5.82 Å². The van der Waals surface area contributed by atoms with Gasteiger partial charge in [-0.15, -0.1) is 0 Å². The quantitative estimate of drug-likeness (QED) is 0.278. The van der Waals surface area contributed by atoms with E-state index in [-0.39, 0.29) is 12.9 Å². The molecule has 1 heterocycles. The molecule has 2 N–H and O–H groups in total. The highest BCUT2D eigenvalue weighted by Gasteiger charge is 2.41. The molecule has 1 aromatic heterocycles. The number of aromatic nitrogens is 2. The number of rotatable bonds is 8. The minimum absolute atomic E-state index is 0.194. The second kappa shape index (κ2) is 9.96. The van der Waals surface area contributed by atoms with E-state index in [1.165, 1.54) is 12.1 Å². The van der Waals surface area contributed by atoms with E-state index in [1.54, 1.807) is 66.0 Å². The van der Waals surface area contributed by atoms with Crippen molar-refractivity contribution in [3.05, 3.63) is 84.2 Å². The number of carbonyl (C=O) groups excluding carboxylic acids is 2. The number of para-hydroxylation sites is 1. The fourth-order valence-electron chi connectivity index (χ4n) is 3.66. The van der Waals surface area contributed by atoms with E-state index in [2.05, 4.69) is 10.2 Å². The van der Waals surface area contributed by atoms with Gasteiger partial charge < -0.3 is 14.8 Å². The first-order chi connectivity index (χ1) is 16.8. The molecule has 0 fully saturated rings. The van der Waals surface area contributed by atoms with Crippen molar-refractivity contribution in [3.63, 3.8) is 0 Å². The van der Waals surface area contributed by atoms with Crippen molar-refractivity contribution in [1.82, 2.24) is 15.5 Å². The van der Waals surface area contributed by atoms with E-state index < -0.39 is 29.9 Å². The number of ether oxygens (including phenoxy) is 1. The molecule has 6 nitrogen and oxygen atoms in total. The van der Waals surface area contributed by atoms with Crippen molar-refractivity contribution in [3.8, 4) is 17.0 Å². The predicted octanol–water partition coefficient (Wildman–Crippen LogP) is 4.78. The average molecular weight is 485 g/mol. The number of amides is 1. The molecule has 0 saturated heterocycles. The van der Waals surface area contributed by atoms with Crippen LogP contribution in [0.3, 0.4) is 0 Å². The lowest BCUT2D eigenvalue weighted by molar-refractivity contribution is -0.174. The van der Waals surface area contributed by atoms with Crippen LogP contribution in [-0.4, -0.2) is 41.2 Å². The van der Waals surface area contributed by atoms with Crippen LogP contribution in [-0.2, 0) is 9.59 Å². The van der Waals surface area contributed by atoms with Crippen molar-refractivity contribution < 1.29 is 31.9 Å². The van der Waals surface area contributed by atoms with Gasteiger partial charge in [-0.3, -0.25) is 9.89 Å². The van der Waals surface area contributed by atoms with Crippen molar-refractivity contribution in [2.24, 2.45) is 0 Å². The summed E-state index contributed by atoms with van der Waals surface area (Å²) in [6, 6.07) is 17.6. The smallest absolute Gasteiger partial charge is 0.471 e. The minimum Gasteiger partial charge on any atom is -0.493 e. The van der Waals surface area contributed by atoms with Gasteiger partial charge in [-0.2, -0.15) is 18.3 Å². The van der Waals surface area contributed by atoms with E-state index >= 15 is 0 Å². The summed E-state index contributed by atoms with van der Waals surface area (Å²) in [5.74, 6) is -3.16. The number of carbonyl (C=O) groups is 2. The first kappa shape index (κ1) is 23.9. The highest BCUT2D eigenvalue weighted by molar-refractivity contribution is 5.93. The fraction of sp³-hybridized carbons (Fsp3) is 0.160. The van der Waals surface area contributed by atoms with Crippen LogP contribution in [0.1, 0.15) is 11.5 Å². The predicted molar refractivity (Wildman–Crippen MR) is 120 cm³/mol. The van der Waals surface area contributed by atoms with E-state index in [1.807, 2.05) is 0 Å². The van der Waals surface area contributed by atoms with Gasteiger partial charge >= 0.3 is 12.1 Å². The molecule has 0 aliphatic carbocycles. The SMILES string of the molecule is O=C[C@@H](NC(=O)C(F)(F)F)[C@@H](COc1ccccc1)c1ccc2[nH]nc(-c3ccc(F)cc3)c2c1. The topological polar surface area (TPSA) is 84.1 Å². The molecule has 0 saturated carbocycles. The molecule has 3 aromatic carbocycles. The third-order valence-corrected chi connectivity index (χ3v) is 5.44. The molecule has 0 radical (unpaired) electrons. The third kappa shape index (κ3) is 5.48. The van der Waals surface area contributed by atoms with E-state index in [9.17, 15) is 27.2 Å². The molecule has 0 spiro atoms. The summed E-state index contributed by atoms with van der Waals surface area (Å²) >= 11 is 0. The largest absolute Gasteiger partial charge is 0.493 e. The first-order valence-electron chi connectivity index (χ1n) is 10.5. The molecule has 0 bridgehead atoms. The number of aromatic amines is 1. The number of aldehydes is 1. The van der Waals surface area contributed by atoms with Crippen LogP contribution in [0.15, 0.2) is 72.8 Å². The van der Waals surface area contributed by atoms with Crippen LogP contribution in [0.5, 0.6) is 5.75 Å². The molecule has 180 valence electrons. The molecule has 0 aliphatic heterocycles. The fourth-order valence-corrected chi connectivity index (χ4v) is 3.66. The van der Waals surface area contributed by atoms with Gasteiger partial charge in [0.05, 0.1) is 23.9 Å². The number of benzene rings is 3. The molecular weight excluding hydrogens is 466 g/mol. The molecule has 4 rings (SSSR count). The van der Waals surface area contributed by atoms with E-state index in [0.29, 0.717) is 33.5 Å². The van der Waals surface area contributed by atoms with Crippen LogP contribution in [0.2, 0.25) is 0 Å². The molecule has 35 heavy (non-hydrogen) atoms. The normalized spacial score (nSPS) is 13.3. The highest BCUT2D eigenvalue weighted by atomic mass is 19.4. The summed E-state index contributed by atoms with van der Waals surface area (Å²) in [5.41, 5.74) is 2.17. The average Bonchev–Trinajstić information content (AvgIpc) is 3.27. The zero-order valence-corrected chi connectivity index (χ0v) is 18.1. The number of alkyl halides is 3. The zero-order valence-electron chi connectivity index (χ0n) is 18.1. The minimum atomic E-state index is -5.16. The molecule has 0 aliphatic rings. The van der Waals surface area contributed by atoms with Crippen LogP contribution < -0.4 is 10.1 Å². The molecular formula is C25H19F4N3O3. The third-order valence-electron chi connectivity index (χ3n) is 5.44. The van der Waals surface area contributed by atoms with Gasteiger partial charge in [0.25, 0.3) is 0 Å². The second-order valence-corrected chi connectivity index (χ2v) is 7.75. The Labute approximate surface area is 196 Å². The van der Waals surface area contributed by atoms with Crippen LogP contribution in [0.25, 0.3) is 22.2 Å². The Hall–Kier alpha value is -4.21. The molecule has 0 unspecified atom stereocenters. The summed E-state index contributed by atoms with van der Waals surface area (Å²) in [5, 5.41) is 9.49. The van der Waals surface area contributed by atoms with E-state index in [4.69, 9.17) is 4.74 Å². The number of hydrogen-bond donors (Lipinski definition) is 2. The molecule has 2 atom stereocenters. The number of nitrogens with one attached hydrogen (secondary N) is 2. The molecule has 4 aromatic rings. The monoisotopic (exact) mass is 485 g/mol. The lowest BCUT2D eigenvalue weighted by Gasteiger charge is -2.25. The Morgan fingerprint density at radius 2 is 1.77 bits per heavy atom. The van der Waals surface area contributed by atoms with Crippen LogP contribution in [0.4, 0.5) is 17.6 Å². The second-order valence-electron chi connectivity index (χ2n) is 7.75. The maximum absolute atomic E-state index is 13.4. The summed E-state index contributed by atoms with van der Waals surface area (Å²) in [4.78, 5) is 23.4. The Balaban J connectivity index is 1.72. The van der Waals surface area contributed by atoms with Gasteiger partial charge in [-0.25, -0.2) is 4.39 Å². The number of H-pyrrole nitrogens is 1. The maximum atomic E-state index is 13.4. The molecule has 1 amide bonds. The van der Waals surface area contributed by atoms with E-state index in [0.717, 1.165) is 0 Å². The van der Waals surface area contributed by atoms with Gasteiger partial charge in [-0.1, -0.05) is 24.3 Å². The summed E-state index contributed by atoms with van der Waals surface area (Å²) in [6.07, 6.45) is -4.90. The number of nitrogens with zero attached hydrogens (tertiary/aromatic N) is 1. The molecule has 10 heteroatoms. The van der Waals surface area contributed by atoms with Gasteiger partial charge in [0.1, 0.15) is 17.9 Å². The van der Waals surface area contributed by atoms with Gasteiger partial charge in [0, 0.05) is 16.9 Å². The number of halogens is 4. The first-order valence-corrected chi connectivity index (χ1v) is 10.5. The summed E-state index contributed by atoms with van der Waals surface area (Å²) < 4.78 is 57.8. The van der Waals surface area contributed by atoms with Gasteiger partial charge in [0.15, 0.2) is 0 Å². The number of fused-ring (bicyclic) bond motifs is 1. The standard InChI is InChI=1S/C25H19F4N3O3/c26-17-9-6-15(7-10-17)23-19-12-16(8-11-21(19)31-32-23)20(14-35-18-4-2-1-3-5-18)22(13-33)30-24(34)25(27,28)29/h1-13,20,22H,14H2,(H,30,34)(H,31,32)/t20-,22+/m0/s1. The Morgan fingerprint density at radius 3 is 2.43 bits per heavy atom. The number of hydrogen-bond acceptors (Lipinski definition) is 4. The van der Waals surface area contributed by atoms with Crippen LogP contribution >= 0.6 is 0 Å². The Kier molecular flexibility index (Phi) is 6.81.